The molecule has 1 saturated carbocycles. The molecule has 3 N–H and O–H groups in total. The number of hydrogen-bond donors (Lipinski definition) is 2. The molecular formula is C15H24N2. The van der Waals surface area contributed by atoms with Gasteiger partial charge in [0.15, 0.2) is 0 Å². The van der Waals surface area contributed by atoms with E-state index in [0.29, 0.717) is 6.04 Å². The van der Waals surface area contributed by atoms with Crippen LogP contribution in [-0.2, 0) is 0 Å². The highest BCUT2D eigenvalue weighted by molar-refractivity contribution is 5.70. The largest absolute Gasteiger partial charge is 0.397 e. The number of nitrogens with one attached hydrogen (secondary N) is 1. The van der Waals surface area contributed by atoms with Crippen molar-refractivity contribution in [2.24, 2.45) is 5.92 Å². The van der Waals surface area contributed by atoms with Gasteiger partial charge in [-0.3, -0.25) is 0 Å². The molecular weight excluding hydrogens is 208 g/mol. The predicted octanol–water partition coefficient (Wildman–Crippen LogP) is 3.96. The van der Waals surface area contributed by atoms with Crippen LogP contribution in [0.15, 0.2) is 18.2 Å². The van der Waals surface area contributed by atoms with Crippen molar-refractivity contribution < 1.29 is 0 Å². The number of nitrogens with two attached hydrogens (primary N) is 1. The van der Waals surface area contributed by atoms with E-state index in [2.05, 4.69) is 25.2 Å². The highest BCUT2D eigenvalue weighted by Crippen LogP contribution is 2.30. The quantitative estimate of drug-likeness (QED) is 0.774. The lowest BCUT2D eigenvalue weighted by Crippen LogP contribution is -2.28. The predicted molar refractivity (Wildman–Crippen MR) is 75.3 cm³/mol. The van der Waals surface area contributed by atoms with Gasteiger partial charge in [-0.25, -0.2) is 0 Å². The molecule has 1 fully saturated rings. The summed E-state index contributed by atoms with van der Waals surface area (Å²) in [5, 5.41) is 3.62. The van der Waals surface area contributed by atoms with Crippen LogP contribution >= 0.6 is 0 Å². The van der Waals surface area contributed by atoms with Gasteiger partial charge in [0.05, 0.1) is 11.4 Å². The Labute approximate surface area is 105 Å². The second-order valence-corrected chi connectivity index (χ2v) is 5.37. The van der Waals surface area contributed by atoms with Crippen LogP contribution < -0.4 is 11.1 Å². The van der Waals surface area contributed by atoms with Crippen molar-refractivity contribution in [1.82, 2.24) is 0 Å². The molecule has 2 nitrogen and oxygen atoms in total. The summed E-state index contributed by atoms with van der Waals surface area (Å²) in [4.78, 5) is 0. The number of nitrogen functional groups attached to an aromatic ring is 1. The van der Waals surface area contributed by atoms with E-state index in [1.54, 1.807) is 0 Å². The molecule has 94 valence electrons. The van der Waals surface area contributed by atoms with Gasteiger partial charge < -0.3 is 11.1 Å². The van der Waals surface area contributed by atoms with E-state index in [9.17, 15) is 0 Å². The maximum Gasteiger partial charge on any atom is 0.0605 e. The molecule has 1 aromatic carbocycles. The Kier molecular flexibility index (Phi) is 3.93. The van der Waals surface area contributed by atoms with E-state index in [1.807, 2.05) is 12.1 Å². The number of rotatable bonds is 3. The molecule has 1 unspecified atom stereocenters. The highest BCUT2D eigenvalue weighted by atomic mass is 14.9. The first kappa shape index (κ1) is 12.3. The van der Waals surface area contributed by atoms with Crippen LogP contribution in [0.4, 0.5) is 11.4 Å². The van der Waals surface area contributed by atoms with Gasteiger partial charge in [-0.15, -0.1) is 0 Å². The molecule has 0 amide bonds. The molecule has 2 rings (SSSR count). The Bertz CT molecular complexity index is 347. The Hall–Kier alpha value is -1.18. The standard InChI is InChI=1S/C15H24N2/c1-11-7-6-10-14(16)15(11)17-12(2)13-8-4-3-5-9-13/h6-7,10,12-13,17H,3-5,8-9,16H2,1-2H3. The Morgan fingerprint density at radius 2 is 1.94 bits per heavy atom. The first-order valence-electron chi connectivity index (χ1n) is 6.80. The van der Waals surface area contributed by atoms with Gasteiger partial charge in [-0.1, -0.05) is 31.4 Å². The number of anilines is 2. The summed E-state index contributed by atoms with van der Waals surface area (Å²) in [6.45, 7) is 4.41. The van der Waals surface area contributed by atoms with Crippen molar-refractivity contribution in [3.8, 4) is 0 Å². The van der Waals surface area contributed by atoms with Crippen LogP contribution in [0.2, 0.25) is 0 Å². The molecule has 1 aliphatic carbocycles. The van der Waals surface area contributed by atoms with E-state index in [4.69, 9.17) is 5.73 Å². The summed E-state index contributed by atoms with van der Waals surface area (Å²) in [6, 6.07) is 6.63. The summed E-state index contributed by atoms with van der Waals surface area (Å²) in [5.74, 6) is 0.808. The molecule has 0 aromatic heterocycles. The number of para-hydroxylation sites is 1. The molecule has 17 heavy (non-hydrogen) atoms. The maximum atomic E-state index is 6.04. The second kappa shape index (κ2) is 5.44. The van der Waals surface area contributed by atoms with Crippen molar-refractivity contribution >= 4 is 11.4 Å². The first-order valence-corrected chi connectivity index (χ1v) is 6.80. The molecule has 0 radical (unpaired) electrons. The zero-order valence-corrected chi connectivity index (χ0v) is 11.0. The summed E-state index contributed by atoms with van der Waals surface area (Å²) in [5.41, 5.74) is 9.28. The fourth-order valence-electron chi connectivity index (χ4n) is 2.87. The van der Waals surface area contributed by atoms with Crippen LogP contribution in [0.5, 0.6) is 0 Å². The minimum atomic E-state index is 0.527. The molecule has 0 aliphatic heterocycles. The summed E-state index contributed by atoms with van der Waals surface area (Å²) >= 11 is 0. The van der Waals surface area contributed by atoms with Gasteiger partial charge >= 0.3 is 0 Å². The maximum absolute atomic E-state index is 6.04. The van der Waals surface area contributed by atoms with Crippen molar-refractivity contribution in [2.75, 3.05) is 11.1 Å². The van der Waals surface area contributed by atoms with Crippen LogP contribution in [0.3, 0.4) is 0 Å². The summed E-state index contributed by atoms with van der Waals surface area (Å²) in [7, 11) is 0. The fourth-order valence-corrected chi connectivity index (χ4v) is 2.87. The average molecular weight is 232 g/mol. The zero-order chi connectivity index (χ0) is 12.3. The van der Waals surface area contributed by atoms with Gasteiger partial charge in [0.1, 0.15) is 0 Å². The molecule has 1 aliphatic rings. The minimum Gasteiger partial charge on any atom is -0.397 e. The van der Waals surface area contributed by atoms with Crippen LogP contribution in [0.1, 0.15) is 44.6 Å². The summed E-state index contributed by atoms with van der Waals surface area (Å²) < 4.78 is 0. The number of hydrogen-bond acceptors (Lipinski definition) is 2. The lowest BCUT2D eigenvalue weighted by atomic mass is 9.84. The summed E-state index contributed by atoms with van der Waals surface area (Å²) in [6.07, 6.45) is 6.91. The van der Waals surface area contributed by atoms with Crippen molar-refractivity contribution in [1.29, 1.82) is 0 Å². The molecule has 0 heterocycles. The first-order chi connectivity index (χ1) is 8.18. The van der Waals surface area contributed by atoms with Crippen LogP contribution in [0, 0.1) is 12.8 Å². The zero-order valence-electron chi connectivity index (χ0n) is 11.0. The lowest BCUT2D eigenvalue weighted by Gasteiger charge is -2.30. The average Bonchev–Trinajstić information content (AvgIpc) is 2.35. The van der Waals surface area contributed by atoms with Crippen LogP contribution in [-0.4, -0.2) is 6.04 Å². The van der Waals surface area contributed by atoms with Gasteiger partial charge in [0.25, 0.3) is 0 Å². The van der Waals surface area contributed by atoms with Gasteiger partial charge in [0.2, 0.25) is 0 Å². The van der Waals surface area contributed by atoms with E-state index in [0.717, 1.165) is 17.3 Å². The Morgan fingerprint density at radius 1 is 1.24 bits per heavy atom. The van der Waals surface area contributed by atoms with Crippen LogP contribution in [0.25, 0.3) is 0 Å². The molecule has 1 aromatic rings. The molecule has 0 spiro atoms. The van der Waals surface area contributed by atoms with Gasteiger partial charge in [-0.05, 0) is 44.2 Å². The second-order valence-electron chi connectivity index (χ2n) is 5.37. The molecule has 2 heteroatoms. The monoisotopic (exact) mass is 232 g/mol. The van der Waals surface area contributed by atoms with E-state index < -0.39 is 0 Å². The molecule has 0 saturated heterocycles. The highest BCUT2D eigenvalue weighted by Gasteiger charge is 2.20. The van der Waals surface area contributed by atoms with Crippen molar-refractivity contribution in [3.05, 3.63) is 23.8 Å². The van der Waals surface area contributed by atoms with E-state index in [1.165, 1.54) is 37.7 Å². The normalized spacial score (nSPS) is 18.9. The SMILES string of the molecule is Cc1cccc(N)c1NC(C)C1CCCCC1. The number of benzene rings is 1. The smallest absolute Gasteiger partial charge is 0.0605 e. The van der Waals surface area contributed by atoms with Gasteiger partial charge in [-0.2, -0.15) is 0 Å². The number of aryl methyl sites for hydroxylation is 1. The van der Waals surface area contributed by atoms with E-state index in [-0.39, 0.29) is 0 Å². The lowest BCUT2D eigenvalue weighted by molar-refractivity contribution is 0.328. The third kappa shape index (κ3) is 2.93. The van der Waals surface area contributed by atoms with Crippen molar-refractivity contribution in [2.45, 2.75) is 52.0 Å². The van der Waals surface area contributed by atoms with Gasteiger partial charge in [0, 0.05) is 6.04 Å². The Morgan fingerprint density at radius 3 is 2.59 bits per heavy atom. The Balaban J connectivity index is 2.04. The van der Waals surface area contributed by atoms with Crippen molar-refractivity contribution in [3.63, 3.8) is 0 Å². The molecule has 0 bridgehead atoms. The third-order valence-electron chi connectivity index (χ3n) is 4.03. The third-order valence-corrected chi connectivity index (χ3v) is 4.03. The van der Waals surface area contributed by atoms with E-state index >= 15 is 0 Å². The minimum absolute atomic E-state index is 0.527. The fraction of sp³-hybridized carbons (Fsp3) is 0.600. The topological polar surface area (TPSA) is 38.0 Å². The molecule has 1 atom stereocenters.